The number of hydrogen-bond acceptors (Lipinski definition) is 2. The third-order valence-corrected chi connectivity index (χ3v) is 3.01. The van der Waals surface area contributed by atoms with Gasteiger partial charge in [0, 0.05) is 23.8 Å². The van der Waals surface area contributed by atoms with Crippen molar-refractivity contribution in [2.24, 2.45) is 0 Å². The largest absolute Gasteiger partial charge is 0.381 e. The Kier molecular flexibility index (Phi) is 3.11. The Bertz CT molecular complexity index is 692. The number of halogens is 1. The van der Waals surface area contributed by atoms with Crippen molar-refractivity contribution < 1.29 is 4.39 Å². The molecule has 1 N–H and O–H groups in total. The van der Waals surface area contributed by atoms with Gasteiger partial charge >= 0.3 is 0 Å². The van der Waals surface area contributed by atoms with Crippen LogP contribution in [0.25, 0.3) is 10.9 Å². The average molecular weight is 252 g/mol. The van der Waals surface area contributed by atoms with E-state index < -0.39 is 0 Å². The smallest absolute Gasteiger partial charge is 0.123 e. The second-order valence-electron chi connectivity index (χ2n) is 4.39. The van der Waals surface area contributed by atoms with E-state index in [1.54, 1.807) is 18.3 Å². The standard InChI is InChI=1S/C16H13FN2/c17-14-5-3-12(4-6-14)11-19-15-7-8-16-13(10-15)2-1-9-18-16/h1-10,19H,11H2. The highest BCUT2D eigenvalue weighted by Gasteiger charge is 1.98. The monoisotopic (exact) mass is 252 g/mol. The Labute approximate surface area is 110 Å². The predicted octanol–water partition coefficient (Wildman–Crippen LogP) is 3.99. The van der Waals surface area contributed by atoms with Crippen molar-refractivity contribution in [1.82, 2.24) is 4.98 Å². The summed E-state index contributed by atoms with van der Waals surface area (Å²) in [7, 11) is 0. The highest BCUT2D eigenvalue weighted by molar-refractivity contribution is 5.82. The predicted molar refractivity (Wildman–Crippen MR) is 75.5 cm³/mol. The summed E-state index contributed by atoms with van der Waals surface area (Å²) in [6, 6.07) is 16.5. The number of nitrogens with zero attached hydrogens (tertiary/aromatic N) is 1. The Morgan fingerprint density at radius 1 is 1.00 bits per heavy atom. The van der Waals surface area contributed by atoms with Crippen molar-refractivity contribution in [3.8, 4) is 0 Å². The SMILES string of the molecule is Fc1ccc(CNc2ccc3ncccc3c2)cc1. The summed E-state index contributed by atoms with van der Waals surface area (Å²) in [6.07, 6.45) is 1.79. The average Bonchev–Trinajstić information content (AvgIpc) is 2.46. The molecule has 2 nitrogen and oxygen atoms in total. The van der Waals surface area contributed by atoms with Gasteiger partial charge in [-0.1, -0.05) is 18.2 Å². The van der Waals surface area contributed by atoms with Gasteiger partial charge in [0.2, 0.25) is 0 Å². The topological polar surface area (TPSA) is 24.9 Å². The molecule has 0 aliphatic carbocycles. The molecule has 3 rings (SSSR count). The second kappa shape index (κ2) is 5.06. The molecule has 2 aromatic carbocycles. The summed E-state index contributed by atoms with van der Waals surface area (Å²) in [5.74, 6) is -0.208. The van der Waals surface area contributed by atoms with Crippen LogP contribution in [0.4, 0.5) is 10.1 Å². The van der Waals surface area contributed by atoms with Crippen LogP contribution in [-0.4, -0.2) is 4.98 Å². The van der Waals surface area contributed by atoms with E-state index in [2.05, 4.69) is 16.4 Å². The van der Waals surface area contributed by atoms with Crippen molar-refractivity contribution in [3.63, 3.8) is 0 Å². The first-order valence-electron chi connectivity index (χ1n) is 6.14. The van der Waals surface area contributed by atoms with E-state index in [4.69, 9.17) is 0 Å². The molecule has 0 spiro atoms. The summed E-state index contributed by atoms with van der Waals surface area (Å²) < 4.78 is 12.8. The molecule has 3 aromatic rings. The van der Waals surface area contributed by atoms with Crippen LogP contribution in [0.15, 0.2) is 60.8 Å². The van der Waals surface area contributed by atoms with Gasteiger partial charge in [0.05, 0.1) is 5.52 Å². The van der Waals surface area contributed by atoms with E-state index in [0.29, 0.717) is 6.54 Å². The number of fused-ring (bicyclic) bond motifs is 1. The molecule has 0 atom stereocenters. The van der Waals surface area contributed by atoms with Crippen molar-refractivity contribution in [3.05, 3.63) is 72.2 Å². The molecule has 1 heterocycles. The molecule has 3 heteroatoms. The summed E-state index contributed by atoms with van der Waals surface area (Å²) >= 11 is 0. The van der Waals surface area contributed by atoms with E-state index in [0.717, 1.165) is 22.2 Å². The van der Waals surface area contributed by atoms with Crippen molar-refractivity contribution in [2.75, 3.05) is 5.32 Å². The number of rotatable bonds is 3. The summed E-state index contributed by atoms with van der Waals surface area (Å²) in [6.45, 7) is 0.673. The molecule has 0 saturated heterocycles. The Balaban J connectivity index is 1.76. The van der Waals surface area contributed by atoms with Gasteiger partial charge in [0.1, 0.15) is 5.82 Å². The third kappa shape index (κ3) is 2.71. The lowest BCUT2D eigenvalue weighted by Gasteiger charge is -2.07. The highest BCUT2D eigenvalue weighted by Crippen LogP contribution is 2.17. The Morgan fingerprint density at radius 3 is 2.68 bits per heavy atom. The molecule has 0 aliphatic rings. The molecule has 0 fully saturated rings. The van der Waals surface area contributed by atoms with Gasteiger partial charge in [0.15, 0.2) is 0 Å². The molecule has 0 unspecified atom stereocenters. The first kappa shape index (κ1) is 11.7. The van der Waals surface area contributed by atoms with Crippen LogP contribution in [0.1, 0.15) is 5.56 Å². The van der Waals surface area contributed by atoms with Crippen LogP contribution in [0.2, 0.25) is 0 Å². The quantitative estimate of drug-likeness (QED) is 0.762. The van der Waals surface area contributed by atoms with E-state index in [-0.39, 0.29) is 5.82 Å². The van der Waals surface area contributed by atoms with Gasteiger partial charge in [-0.15, -0.1) is 0 Å². The van der Waals surface area contributed by atoms with Crippen LogP contribution in [-0.2, 0) is 6.54 Å². The molecular weight excluding hydrogens is 239 g/mol. The van der Waals surface area contributed by atoms with Crippen LogP contribution >= 0.6 is 0 Å². The number of pyridine rings is 1. The fourth-order valence-electron chi connectivity index (χ4n) is 1.99. The minimum atomic E-state index is -0.208. The lowest BCUT2D eigenvalue weighted by molar-refractivity contribution is 0.627. The van der Waals surface area contributed by atoms with Crippen LogP contribution in [0.5, 0.6) is 0 Å². The molecule has 0 radical (unpaired) electrons. The van der Waals surface area contributed by atoms with E-state index in [1.807, 2.05) is 24.3 Å². The van der Waals surface area contributed by atoms with Gasteiger partial charge in [-0.05, 0) is 42.0 Å². The summed E-state index contributed by atoms with van der Waals surface area (Å²) in [5, 5.41) is 4.43. The first-order valence-corrected chi connectivity index (χ1v) is 6.14. The highest BCUT2D eigenvalue weighted by atomic mass is 19.1. The lowest BCUT2D eigenvalue weighted by Crippen LogP contribution is -1.99. The first-order chi connectivity index (χ1) is 9.31. The maximum Gasteiger partial charge on any atom is 0.123 e. The summed E-state index contributed by atoms with van der Waals surface area (Å²) in [5.41, 5.74) is 3.06. The molecule has 0 bridgehead atoms. The van der Waals surface area contributed by atoms with Gasteiger partial charge in [0.25, 0.3) is 0 Å². The molecular formula is C16H13FN2. The zero-order chi connectivity index (χ0) is 13.1. The van der Waals surface area contributed by atoms with Crippen molar-refractivity contribution in [2.45, 2.75) is 6.54 Å². The van der Waals surface area contributed by atoms with Crippen LogP contribution < -0.4 is 5.32 Å². The van der Waals surface area contributed by atoms with Crippen LogP contribution in [0, 0.1) is 5.82 Å². The van der Waals surface area contributed by atoms with E-state index >= 15 is 0 Å². The fourth-order valence-corrected chi connectivity index (χ4v) is 1.99. The Hall–Kier alpha value is -2.42. The van der Waals surface area contributed by atoms with Gasteiger partial charge in [-0.3, -0.25) is 4.98 Å². The molecule has 0 saturated carbocycles. The molecule has 0 amide bonds. The van der Waals surface area contributed by atoms with Gasteiger partial charge in [-0.2, -0.15) is 0 Å². The molecule has 0 aliphatic heterocycles. The number of anilines is 1. The van der Waals surface area contributed by atoms with Crippen molar-refractivity contribution >= 4 is 16.6 Å². The number of hydrogen-bond donors (Lipinski definition) is 1. The maximum absolute atomic E-state index is 12.8. The molecule has 19 heavy (non-hydrogen) atoms. The molecule has 1 aromatic heterocycles. The maximum atomic E-state index is 12.8. The number of aromatic nitrogens is 1. The normalized spacial score (nSPS) is 10.6. The van der Waals surface area contributed by atoms with E-state index in [1.165, 1.54) is 12.1 Å². The number of nitrogens with one attached hydrogen (secondary N) is 1. The number of benzene rings is 2. The lowest BCUT2D eigenvalue weighted by atomic mass is 10.2. The van der Waals surface area contributed by atoms with Gasteiger partial charge < -0.3 is 5.32 Å². The van der Waals surface area contributed by atoms with Crippen molar-refractivity contribution in [1.29, 1.82) is 0 Å². The zero-order valence-electron chi connectivity index (χ0n) is 10.3. The zero-order valence-corrected chi connectivity index (χ0v) is 10.3. The van der Waals surface area contributed by atoms with E-state index in [9.17, 15) is 4.39 Å². The van der Waals surface area contributed by atoms with Gasteiger partial charge in [-0.25, -0.2) is 4.39 Å². The Morgan fingerprint density at radius 2 is 1.84 bits per heavy atom. The minimum absolute atomic E-state index is 0.208. The summed E-state index contributed by atoms with van der Waals surface area (Å²) in [4.78, 5) is 4.28. The minimum Gasteiger partial charge on any atom is -0.381 e. The third-order valence-electron chi connectivity index (χ3n) is 3.01. The van der Waals surface area contributed by atoms with Crippen LogP contribution in [0.3, 0.4) is 0 Å². The second-order valence-corrected chi connectivity index (χ2v) is 4.39. The fraction of sp³-hybridized carbons (Fsp3) is 0.0625. The molecule has 94 valence electrons.